The van der Waals surface area contributed by atoms with Crippen molar-refractivity contribution in [3.05, 3.63) is 54.1 Å². The number of anilines is 6. The molecule has 3 aromatic rings. The number of benzene rings is 1. The van der Waals surface area contributed by atoms with Crippen molar-refractivity contribution < 1.29 is 14.1 Å². The Labute approximate surface area is 207 Å². The maximum atomic E-state index is 12.2. The topological polar surface area (TPSA) is 118 Å². The first-order valence-electron chi connectivity index (χ1n) is 11.1. The van der Waals surface area contributed by atoms with Crippen molar-refractivity contribution >= 4 is 52.2 Å². The van der Waals surface area contributed by atoms with Crippen molar-refractivity contribution in [1.29, 1.82) is 0 Å². The van der Waals surface area contributed by atoms with E-state index in [2.05, 4.69) is 25.9 Å². The van der Waals surface area contributed by atoms with Crippen molar-refractivity contribution in [2.45, 2.75) is 17.9 Å². The molecule has 0 spiro atoms. The molecule has 3 heterocycles. The predicted molar refractivity (Wildman–Crippen MR) is 139 cm³/mol. The second kappa shape index (κ2) is 10.8. The zero-order chi connectivity index (χ0) is 24.9. The molecular formula is C24H29N7O3S. The van der Waals surface area contributed by atoms with Gasteiger partial charge in [0.1, 0.15) is 23.7 Å². The molecular weight excluding hydrogens is 466 g/mol. The number of rotatable bonds is 10. The predicted octanol–water partition coefficient (Wildman–Crippen LogP) is 3.26. The van der Waals surface area contributed by atoms with Gasteiger partial charge in [0.05, 0.1) is 11.8 Å². The van der Waals surface area contributed by atoms with Gasteiger partial charge in [-0.2, -0.15) is 0 Å². The third-order valence-electron chi connectivity index (χ3n) is 5.67. The highest BCUT2D eigenvalue weighted by molar-refractivity contribution is 7.90. The second-order valence-electron chi connectivity index (χ2n) is 8.20. The van der Waals surface area contributed by atoms with Gasteiger partial charge in [0.2, 0.25) is 6.41 Å². The molecule has 3 N–H and O–H groups in total. The number of amides is 1. The van der Waals surface area contributed by atoms with Crippen LogP contribution in [0, 0.1) is 6.92 Å². The smallest absolute Gasteiger partial charge is 0.227 e. The van der Waals surface area contributed by atoms with Gasteiger partial charge in [0.25, 0.3) is 0 Å². The maximum Gasteiger partial charge on any atom is 0.227 e. The summed E-state index contributed by atoms with van der Waals surface area (Å²) in [7, 11) is 3.31. The van der Waals surface area contributed by atoms with Crippen molar-refractivity contribution in [2.24, 2.45) is 0 Å². The fourth-order valence-corrected chi connectivity index (χ4v) is 4.34. The molecule has 11 heteroatoms. The van der Waals surface area contributed by atoms with E-state index in [9.17, 15) is 9.35 Å². The molecule has 0 saturated carbocycles. The van der Waals surface area contributed by atoms with Gasteiger partial charge < -0.3 is 24.8 Å². The molecule has 1 fully saturated rings. The van der Waals surface area contributed by atoms with Crippen LogP contribution in [-0.4, -0.2) is 65.5 Å². The number of hydrazine groups is 1. The Morgan fingerprint density at radius 2 is 1.89 bits per heavy atom. The second-order valence-corrected chi connectivity index (χ2v) is 9.55. The summed E-state index contributed by atoms with van der Waals surface area (Å²) in [5.74, 6) is 2.50. The molecule has 0 bridgehead atoms. The third kappa shape index (κ3) is 5.76. The number of para-hydroxylation sites is 1. The van der Waals surface area contributed by atoms with Crippen LogP contribution in [0.5, 0.6) is 0 Å². The highest BCUT2D eigenvalue weighted by Gasteiger charge is 2.27. The van der Waals surface area contributed by atoms with Crippen LogP contribution in [0.15, 0.2) is 53.4 Å². The Morgan fingerprint density at radius 1 is 1.11 bits per heavy atom. The molecule has 184 valence electrons. The first-order chi connectivity index (χ1) is 16.9. The number of carbonyl (C=O) groups excluding carboxylic acids is 1. The van der Waals surface area contributed by atoms with Crippen LogP contribution in [-0.2, 0) is 20.7 Å². The highest BCUT2D eigenvalue weighted by atomic mass is 32.2. The van der Waals surface area contributed by atoms with Crippen LogP contribution in [0.25, 0.3) is 0 Å². The Morgan fingerprint density at radius 3 is 2.60 bits per heavy atom. The molecule has 0 radical (unpaired) electrons. The van der Waals surface area contributed by atoms with Gasteiger partial charge in [-0.25, -0.2) is 9.97 Å². The first kappa shape index (κ1) is 24.6. The lowest BCUT2D eigenvalue weighted by molar-refractivity contribution is -0.115. The van der Waals surface area contributed by atoms with Gasteiger partial charge in [-0.1, -0.05) is 18.2 Å². The third-order valence-corrected chi connectivity index (χ3v) is 6.65. The van der Waals surface area contributed by atoms with E-state index < -0.39 is 11.2 Å². The van der Waals surface area contributed by atoms with Gasteiger partial charge in [0, 0.05) is 44.6 Å². The van der Waals surface area contributed by atoms with E-state index in [0.717, 1.165) is 35.8 Å². The zero-order valence-electron chi connectivity index (χ0n) is 20.1. The lowest BCUT2D eigenvalue weighted by Crippen LogP contribution is -2.52. The summed E-state index contributed by atoms with van der Waals surface area (Å²) in [5, 5.41) is 7.93. The minimum absolute atomic E-state index is 0.226. The standard InChI is InChI=1S/C24H29N7O3S/c1-16-19(25-18-8-5-6-9-20(18)35(4)33)12-22(28-24(16)29-30(2)15-32)26-21-10-7-11-23(27-21)31-13-17(14-31)34-3/h5-12,15,17H,13-14H2,1-4H3,(H3,25,26,27,28,29). The Hall–Kier alpha value is -3.54. The van der Waals surface area contributed by atoms with E-state index in [1.807, 2.05) is 55.5 Å². The number of pyridine rings is 2. The first-order valence-corrected chi connectivity index (χ1v) is 12.6. The summed E-state index contributed by atoms with van der Waals surface area (Å²) in [6.07, 6.45) is 2.53. The lowest BCUT2D eigenvalue weighted by Gasteiger charge is -2.39. The van der Waals surface area contributed by atoms with E-state index in [1.165, 1.54) is 5.01 Å². The molecule has 1 aliphatic heterocycles. The van der Waals surface area contributed by atoms with Gasteiger partial charge in [-0.15, -0.1) is 0 Å². The SMILES string of the molecule is COC1CN(c2cccc(Nc3cc(Nc4ccccc4[S+](C)[O-])c(C)c(NN(C)C=O)n3)n2)C1. The van der Waals surface area contributed by atoms with Crippen LogP contribution in [0.1, 0.15) is 5.56 Å². The normalized spacial score (nSPS) is 14.1. The molecule has 4 rings (SSSR count). The summed E-state index contributed by atoms with van der Waals surface area (Å²) in [6.45, 7) is 3.49. The van der Waals surface area contributed by atoms with Gasteiger partial charge in [-0.3, -0.25) is 15.2 Å². The number of hydrogen-bond donors (Lipinski definition) is 3. The monoisotopic (exact) mass is 495 g/mol. The number of nitrogens with one attached hydrogen (secondary N) is 3. The van der Waals surface area contributed by atoms with Crippen molar-refractivity contribution in [2.75, 3.05) is 54.5 Å². The van der Waals surface area contributed by atoms with Gasteiger partial charge in [0.15, 0.2) is 10.7 Å². The number of methoxy groups -OCH3 is 1. The van der Waals surface area contributed by atoms with Crippen LogP contribution in [0.3, 0.4) is 0 Å². The molecule has 1 aliphatic rings. The summed E-state index contributed by atoms with van der Waals surface area (Å²) in [6, 6.07) is 15.1. The largest absolute Gasteiger partial charge is 0.612 e. The van der Waals surface area contributed by atoms with Crippen LogP contribution in [0.4, 0.5) is 34.6 Å². The molecule has 35 heavy (non-hydrogen) atoms. The van der Waals surface area contributed by atoms with Gasteiger partial charge in [-0.05, 0) is 42.4 Å². The summed E-state index contributed by atoms with van der Waals surface area (Å²) in [5.41, 5.74) is 5.24. The molecule has 1 saturated heterocycles. The van der Waals surface area contributed by atoms with Crippen LogP contribution < -0.4 is 21.0 Å². The van der Waals surface area contributed by atoms with Crippen LogP contribution in [0.2, 0.25) is 0 Å². The molecule has 1 aromatic carbocycles. The van der Waals surface area contributed by atoms with E-state index in [0.29, 0.717) is 28.8 Å². The lowest BCUT2D eigenvalue weighted by atomic mass is 10.1. The van der Waals surface area contributed by atoms with Crippen molar-refractivity contribution in [3.63, 3.8) is 0 Å². The number of aromatic nitrogens is 2. The zero-order valence-corrected chi connectivity index (χ0v) is 20.9. The average Bonchev–Trinajstić information content (AvgIpc) is 2.81. The number of hydrogen-bond acceptors (Lipinski definition) is 9. The minimum Gasteiger partial charge on any atom is -0.612 e. The number of nitrogens with zero attached hydrogens (tertiary/aromatic N) is 4. The Balaban J connectivity index is 1.64. The number of carbonyl (C=O) groups is 1. The summed E-state index contributed by atoms with van der Waals surface area (Å²) < 4.78 is 17.6. The molecule has 0 aliphatic carbocycles. The van der Waals surface area contributed by atoms with E-state index in [-0.39, 0.29) is 6.10 Å². The molecule has 1 amide bonds. The fourth-order valence-electron chi connectivity index (χ4n) is 3.65. The minimum atomic E-state index is -1.17. The molecule has 1 atom stereocenters. The Bertz CT molecular complexity index is 1190. The average molecular weight is 496 g/mol. The maximum absolute atomic E-state index is 12.2. The van der Waals surface area contributed by atoms with Crippen molar-refractivity contribution in [1.82, 2.24) is 15.0 Å². The van der Waals surface area contributed by atoms with Crippen LogP contribution >= 0.6 is 0 Å². The van der Waals surface area contributed by atoms with Gasteiger partial charge >= 0.3 is 0 Å². The van der Waals surface area contributed by atoms with E-state index in [1.54, 1.807) is 20.4 Å². The summed E-state index contributed by atoms with van der Waals surface area (Å²) in [4.78, 5) is 23.4. The fraction of sp³-hybridized carbons (Fsp3) is 0.292. The highest BCUT2D eigenvalue weighted by Crippen LogP contribution is 2.32. The number of ether oxygens (including phenoxy) is 1. The van der Waals surface area contributed by atoms with E-state index in [4.69, 9.17) is 9.72 Å². The van der Waals surface area contributed by atoms with E-state index >= 15 is 0 Å². The van der Waals surface area contributed by atoms with Crippen molar-refractivity contribution in [3.8, 4) is 0 Å². The molecule has 2 aromatic heterocycles. The quantitative estimate of drug-likeness (QED) is 0.221. The molecule has 10 nitrogen and oxygen atoms in total. The summed E-state index contributed by atoms with van der Waals surface area (Å²) >= 11 is -1.17. The Kier molecular flexibility index (Phi) is 7.59. The molecule has 1 unspecified atom stereocenters.